The van der Waals surface area contributed by atoms with Crippen LogP contribution < -0.4 is 5.73 Å². The molecule has 0 saturated carbocycles. The number of fused-ring (bicyclic) bond motifs is 1. The molecule has 0 unspecified atom stereocenters. The lowest BCUT2D eigenvalue weighted by Crippen LogP contribution is -2.04. The lowest BCUT2D eigenvalue weighted by atomic mass is 10.1. The van der Waals surface area contributed by atoms with Crippen LogP contribution in [0.5, 0.6) is 5.75 Å². The monoisotopic (exact) mass is 337 g/mol. The average molecular weight is 337 g/mol. The average Bonchev–Trinajstić information content (AvgIpc) is 2.89. The summed E-state index contributed by atoms with van der Waals surface area (Å²) in [5.74, 6) is 0.0471. The molecule has 6 heteroatoms. The fourth-order valence-electron chi connectivity index (χ4n) is 2.94. The van der Waals surface area contributed by atoms with Gasteiger partial charge in [0.25, 0.3) is 0 Å². The van der Waals surface area contributed by atoms with Crippen molar-refractivity contribution in [2.24, 2.45) is 5.73 Å². The van der Waals surface area contributed by atoms with Crippen molar-refractivity contribution in [3.05, 3.63) is 69.5 Å². The van der Waals surface area contributed by atoms with E-state index in [1.807, 2.05) is 31.2 Å². The third-order valence-electron chi connectivity index (χ3n) is 4.35. The fraction of sp³-hybridized carbons (Fsp3) is 0.158. The Kier molecular flexibility index (Phi) is 3.96. The topological polar surface area (TPSA) is 94.3 Å². The predicted octanol–water partition coefficient (Wildman–Crippen LogP) is 4.26. The Morgan fingerprint density at radius 1 is 1.16 bits per heavy atom. The highest BCUT2D eigenvalue weighted by molar-refractivity contribution is 5.98. The number of nitrogens with zero attached hydrogens (tertiary/aromatic N) is 2. The third-order valence-corrected chi connectivity index (χ3v) is 4.35. The highest BCUT2D eigenvalue weighted by atomic mass is 16.6. The Morgan fingerprint density at radius 3 is 2.36 bits per heavy atom. The number of rotatable bonds is 3. The summed E-state index contributed by atoms with van der Waals surface area (Å²) >= 11 is 0. The second kappa shape index (κ2) is 5.98. The van der Waals surface area contributed by atoms with Gasteiger partial charge in [-0.2, -0.15) is 0 Å². The van der Waals surface area contributed by atoms with Gasteiger partial charge < -0.3 is 15.4 Å². The molecule has 1 aromatic heterocycles. The van der Waals surface area contributed by atoms with Gasteiger partial charge in [-0.3, -0.25) is 10.1 Å². The number of hydrogen-bond donors (Lipinski definition) is 2. The molecular weight excluding hydrogens is 318 g/mol. The van der Waals surface area contributed by atoms with Crippen molar-refractivity contribution in [3.8, 4) is 11.4 Å². The van der Waals surface area contributed by atoms with E-state index >= 15 is 0 Å². The molecule has 3 aromatic rings. The van der Waals surface area contributed by atoms with Gasteiger partial charge in [0.1, 0.15) is 11.4 Å². The summed E-state index contributed by atoms with van der Waals surface area (Å²) in [7, 11) is 0. The van der Waals surface area contributed by atoms with Gasteiger partial charge in [0.15, 0.2) is 0 Å². The molecule has 25 heavy (non-hydrogen) atoms. The van der Waals surface area contributed by atoms with E-state index in [0.29, 0.717) is 27.9 Å². The van der Waals surface area contributed by atoms with Gasteiger partial charge in [-0.05, 0) is 50.6 Å². The molecule has 0 aliphatic rings. The smallest absolute Gasteiger partial charge is 0.302 e. The molecule has 0 aliphatic carbocycles. The molecule has 6 nitrogen and oxygen atoms in total. The van der Waals surface area contributed by atoms with Crippen LogP contribution in [0.15, 0.2) is 48.2 Å². The van der Waals surface area contributed by atoms with Crippen molar-refractivity contribution in [2.75, 3.05) is 0 Å². The second-order valence-corrected chi connectivity index (χ2v) is 6.13. The Hall–Kier alpha value is -3.28. The van der Waals surface area contributed by atoms with Crippen LogP contribution in [0.1, 0.15) is 25.1 Å². The lowest BCUT2D eigenvalue weighted by molar-refractivity contribution is -0.383. The Bertz CT molecular complexity index is 1010. The zero-order valence-corrected chi connectivity index (χ0v) is 14.3. The molecule has 3 N–H and O–H groups in total. The maximum absolute atomic E-state index is 11.8. The molecule has 0 fully saturated rings. The van der Waals surface area contributed by atoms with Crippen molar-refractivity contribution in [3.63, 3.8) is 0 Å². The summed E-state index contributed by atoms with van der Waals surface area (Å²) in [6, 6.07) is 12.2. The van der Waals surface area contributed by atoms with Crippen LogP contribution in [0.25, 0.3) is 22.2 Å². The summed E-state index contributed by atoms with van der Waals surface area (Å²) in [5, 5.41) is 22.2. The number of aromatic nitrogens is 1. The van der Waals surface area contributed by atoms with Crippen LogP contribution in [0.4, 0.5) is 5.69 Å². The SMILES string of the molecule is CC(N)=C(C)c1c([N+](=O)[O-])c2ccc(O)cc2n1-c1ccc(C)cc1. The molecule has 3 rings (SSSR count). The minimum atomic E-state index is -0.397. The van der Waals surface area contributed by atoms with Gasteiger partial charge in [-0.15, -0.1) is 0 Å². The summed E-state index contributed by atoms with van der Waals surface area (Å²) in [6.45, 7) is 5.46. The van der Waals surface area contributed by atoms with E-state index in [9.17, 15) is 15.2 Å². The van der Waals surface area contributed by atoms with Crippen LogP contribution in [0, 0.1) is 17.0 Å². The van der Waals surface area contributed by atoms with Gasteiger partial charge in [0.2, 0.25) is 0 Å². The molecule has 2 aromatic carbocycles. The quantitative estimate of drug-likeness (QED) is 0.551. The van der Waals surface area contributed by atoms with Gasteiger partial charge in [-0.25, -0.2) is 0 Å². The molecular formula is C19H19N3O3. The molecule has 0 bridgehead atoms. The first-order chi connectivity index (χ1) is 11.8. The van der Waals surface area contributed by atoms with Crippen molar-refractivity contribution in [2.45, 2.75) is 20.8 Å². The highest BCUT2D eigenvalue weighted by Crippen LogP contribution is 2.40. The number of nitro groups is 1. The fourth-order valence-corrected chi connectivity index (χ4v) is 2.94. The summed E-state index contributed by atoms with van der Waals surface area (Å²) in [5.41, 5.74) is 9.91. The van der Waals surface area contributed by atoms with E-state index < -0.39 is 4.92 Å². The number of phenolic OH excluding ortho intramolecular Hbond substituents is 1. The van der Waals surface area contributed by atoms with Crippen molar-refractivity contribution in [1.82, 2.24) is 4.57 Å². The van der Waals surface area contributed by atoms with E-state index in [1.165, 1.54) is 12.1 Å². The first-order valence-corrected chi connectivity index (χ1v) is 7.83. The third kappa shape index (κ3) is 2.71. The van der Waals surface area contributed by atoms with Crippen molar-refractivity contribution >= 4 is 22.2 Å². The van der Waals surface area contributed by atoms with Crippen LogP contribution in [0.3, 0.4) is 0 Å². The zero-order chi connectivity index (χ0) is 18.3. The van der Waals surface area contributed by atoms with E-state index in [2.05, 4.69) is 0 Å². The van der Waals surface area contributed by atoms with E-state index in [0.717, 1.165) is 11.3 Å². The Morgan fingerprint density at radius 2 is 1.80 bits per heavy atom. The number of aryl methyl sites for hydroxylation is 1. The number of hydrogen-bond acceptors (Lipinski definition) is 4. The van der Waals surface area contributed by atoms with Crippen molar-refractivity contribution in [1.29, 1.82) is 0 Å². The minimum absolute atomic E-state index is 0.0159. The van der Waals surface area contributed by atoms with E-state index in [1.54, 1.807) is 24.5 Å². The van der Waals surface area contributed by atoms with Crippen LogP contribution in [-0.2, 0) is 0 Å². The zero-order valence-electron chi connectivity index (χ0n) is 14.3. The number of nitrogens with two attached hydrogens (primary N) is 1. The highest BCUT2D eigenvalue weighted by Gasteiger charge is 2.28. The summed E-state index contributed by atoms with van der Waals surface area (Å²) < 4.78 is 1.78. The van der Waals surface area contributed by atoms with Crippen molar-refractivity contribution < 1.29 is 10.0 Å². The molecule has 0 spiro atoms. The maximum atomic E-state index is 11.8. The second-order valence-electron chi connectivity index (χ2n) is 6.13. The van der Waals surface area contributed by atoms with Gasteiger partial charge in [0.05, 0.1) is 15.8 Å². The van der Waals surface area contributed by atoms with Crippen LogP contribution in [-0.4, -0.2) is 14.6 Å². The van der Waals surface area contributed by atoms with Crippen LogP contribution in [0.2, 0.25) is 0 Å². The van der Waals surface area contributed by atoms with Gasteiger partial charge in [0, 0.05) is 17.5 Å². The number of aromatic hydroxyl groups is 1. The molecule has 0 aliphatic heterocycles. The molecule has 128 valence electrons. The minimum Gasteiger partial charge on any atom is -0.508 e. The number of phenols is 1. The standard InChI is InChI=1S/C19H19N3O3/c1-11-4-6-14(7-5-11)21-17-10-15(23)8-9-16(17)19(22(24)25)18(21)12(2)13(3)20/h4-10,23H,20H2,1-3H3. The van der Waals surface area contributed by atoms with Gasteiger partial charge >= 0.3 is 5.69 Å². The van der Waals surface area contributed by atoms with Gasteiger partial charge in [-0.1, -0.05) is 17.7 Å². The predicted molar refractivity (Wildman–Crippen MR) is 98.8 cm³/mol. The maximum Gasteiger partial charge on any atom is 0.302 e. The summed E-state index contributed by atoms with van der Waals surface area (Å²) in [4.78, 5) is 11.4. The first-order valence-electron chi connectivity index (χ1n) is 7.83. The molecule has 0 atom stereocenters. The Labute approximate surface area is 145 Å². The lowest BCUT2D eigenvalue weighted by Gasteiger charge is -2.12. The summed E-state index contributed by atoms with van der Waals surface area (Å²) in [6.07, 6.45) is 0. The molecule has 1 heterocycles. The molecule has 0 radical (unpaired) electrons. The Balaban J connectivity index is 2.54. The number of allylic oxidation sites excluding steroid dienone is 2. The van der Waals surface area contributed by atoms with E-state index in [4.69, 9.17) is 5.73 Å². The normalized spacial score (nSPS) is 12.3. The van der Waals surface area contributed by atoms with Crippen LogP contribution >= 0.6 is 0 Å². The number of benzene rings is 2. The largest absolute Gasteiger partial charge is 0.508 e. The first kappa shape index (κ1) is 16.6. The molecule has 0 amide bonds. The van der Waals surface area contributed by atoms with E-state index in [-0.39, 0.29) is 11.4 Å². The molecule has 0 saturated heterocycles.